The van der Waals surface area contributed by atoms with Gasteiger partial charge in [-0.15, -0.1) is 0 Å². The lowest BCUT2D eigenvalue weighted by Gasteiger charge is -2.34. The Morgan fingerprint density at radius 1 is 0.864 bits per heavy atom. The van der Waals surface area contributed by atoms with Crippen molar-refractivity contribution in [3.63, 3.8) is 0 Å². The molecular formula is C19H20N2O. The van der Waals surface area contributed by atoms with Gasteiger partial charge in [-0.05, 0) is 47.9 Å². The molecule has 2 aromatic carbocycles. The Hall–Kier alpha value is -2.29. The Kier molecular flexibility index (Phi) is 3.14. The lowest BCUT2D eigenvalue weighted by atomic mass is 10.0. The molecule has 0 aliphatic heterocycles. The third-order valence-electron chi connectivity index (χ3n) is 5.13. The van der Waals surface area contributed by atoms with Crippen molar-refractivity contribution in [3.8, 4) is 0 Å². The molecule has 0 saturated carbocycles. The molecule has 3 heteroatoms. The van der Waals surface area contributed by atoms with E-state index in [2.05, 4.69) is 48.5 Å². The van der Waals surface area contributed by atoms with Gasteiger partial charge in [0.05, 0.1) is 12.1 Å². The predicted molar refractivity (Wildman–Crippen MR) is 86.4 cm³/mol. The number of amides is 2. The molecule has 2 aromatic rings. The van der Waals surface area contributed by atoms with Crippen molar-refractivity contribution in [2.75, 3.05) is 0 Å². The molecule has 112 valence electrons. The van der Waals surface area contributed by atoms with E-state index in [1.807, 2.05) is 4.90 Å². The van der Waals surface area contributed by atoms with Crippen LogP contribution in [0.25, 0.3) is 0 Å². The van der Waals surface area contributed by atoms with Gasteiger partial charge in [0, 0.05) is 0 Å². The first-order valence-electron chi connectivity index (χ1n) is 7.99. The molecule has 0 aromatic heterocycles. The van der Waals surface area contributed by atoms with E-state index in [1.165, 1.54) is 22.3 Å². The SMILES string of the molecule is NC(=O)N(C1CCc2ccccc21)C1CCc2ccccc21. The summed E-state index contributed by atoms with van der Waals surface area (Å²) in [6.07, 6.45) is 4.00. The molecule has 2 amide bonds. The number of carbonyl (C=O) groups excluding carboxylic acids is 1. The molecule has 2 aliphatic rings. The number of aryl methyl sites for hydroxylation is 2. The van der Waals surface area contributed by atoms with Crippen molar-refractivity contribution >= 4 is 6.03 Å². The van der Waals surface area contributed by atoms with Gasteiger partial charge in [-0.25, -0.2) is 4.79 Å². The fourth-order valence-corrected chi connectivity index (χ4v) is 4.17. The molecule has 2 N–H and O–H groups in total. The van der Waals surface area contributed by atoms with Crippen molar-refractivity contribution in [2.45, 2.75) is 37.8 Å². The van der Waals surface area contributed by atoms with Crippen molar-refractivity contribution < 1.29 is 4.79 Å². The maximum Gasteiger partial charge on any atom is 0.315 e. The van der Waals surface area contributed by atoms with Crippen molar-refractivity contribution in [3.05, 3.63) is 70.8 Å². The molecule has 0 heterocycles. The van der Waals surface area contributed by atoms with Crippen molar-refractivity contribution in [1.82, 2.24) is 4.90 Å². The number of hydrogen-bond donors (Lipinski definition) is 1. The second kappa shape index (κ2) is 5.16. The summed E-state index contributed by atoms with van der Waals surface area (Å²) in [5.74, 6) is 0. The van der Waals surface area contributed by atoms with E-state index in [0.717, 1.165) is 25.7 Å². The highest BCUT2D eigenvalue weighted by Gasteiger charge is 2.37. The van der Waals surface area contributed by atoms with Gasteiger partial charge in [0.2, 0.25) is 0 Å². The number of rotatable bonds is 2. The monoisotopic (exact) mass is 292 g/mol. The second-order valence-electron chi connectivity index (χ2n) is 6.25. The zero-order chi connectivity index (χ0) is 15.1. The molecular weight excluding hydrogens is 272 g/mol. The maximum atomic E-state index is 12.2. The number of benzene rings is 2. The van der Waals surface area contributed by atoms with Gasteiger partial charge in [-0.1, -0.05) is 48.5 Å². The highest BCUT2D eigenvalue weighted by atomic mass is 16.2. The zero-order valence-corrected chi connectivity index (χ0v) is 12.5. The van der Waals surface area contributed by atoms with Gasteiger partial charge in [0.1, 0.15) is 0 Å². The van der Waals surface area contributed by atoms with Crippen molar-refractivity contribution in [1.29, 1.82) is 0 Å². The summed E-state index contributed by atoms with van der Waals surface area (Å²) >= 11 is 0. The number of nitrogens with two attached hydrogens (primary N) is 1. The van der Waals surface area contributed by atoms with E-state index in [1.54, 1.807) is 0 Å². The topological polar surface area (TPSA) is 46.3 Å². The van der Waals surface area contributed by atoms with Gasteiger partial charge in [-0.2, -0.15) is 0 Å². The summed E-state index contributed by atoms with van der Waals surface area (Å²) in [6, 6.07) is 16.8. The van der Waals surface area contributed by atoms with Crippen LogP contribution in [0.15, 0.2) is 48.5 Å². The zero-order valence-electron chi connectivity index (χ0n) is 12.5. The highest BCUT2D eigenvalue weighted by Crippen LogP contribution is 2.44. The molecule has 0 fully saturated rings. The first-order valence-corrected chi connectivity index (χ1v) is 7.99. The molecule has 2 unspecified atom stereocenters. The summed E-state index contributed by atoms with van der Waals surface area (Å²) < 4.78 is 0. The number of fused-ring (bicyclic) bond motifs is 2. The average Bonchev–Trinajstić information content (AvgIpc) is 3.13. The van der Waals surface area contributed by atoms with E-state index in [9.17, 15) is 4.79 Å². The highest BCUT2D eigenvalue weighted by molar-refractivity contribution is 5.74. The van der Waals surface area contributed by atoms with Gasteiger partial charge in [0.25, 0.3) is 0 Å². The summed E-state index contributed by atoms with van der Waals surface area (Å²) in [6.45, 7) is 0. The molecule has 3 nitrogen and oxygen atoms in total. The lowest BCUT2D eigenvalue weighted by Crippen LogP contribution is -2.40. The van der Waals surface area contributed by atoms with Crippen LogP contribution < -0.4 is 5.73 Å². The molecule has 22 heavy (non-hydrogen) atoms. The van der Waals surface area contributed by atoms with Crippen LogP contribution >= 0.6 is 0 Å². The summed E-state index contributed by atoms with van der Waals surface area (Å²) in [5.41, 5.74) is 11.0. The first kappa shape index (κ1) is 13.4. The molecule has 0 spiro atoms. The Labute approximate surface area is 130 Å². The molecule has 2 aliphatic carbocycles. The minimum atomic E-state index is -0.302. The number of hydrogen-bond acceptors (Lipinski definition) is 1. The number of primary amides is 1. The van der Waals surface area contributed by atoms with Crippen LogP contribution in [0.3, 0.4) is 0 Å². The molecule has 4 rings (SSSR count). The third kappa shape index (κ3) is 2.00. The predicted octanol–water partition coefficient (Wildman–Crippen LogP) is 3.74. The van der Waals surface area contributed by atoms with Crippen LogP contribution in [0.4, 0.5) is 4.79 Å². The van der Waals surface area contributed by atoms with E-state index in [0.29, 0.717) is 0 Å². The smallest absolute Gasteiger partial charge is 0.315 e. The fraction of sp³-hybridized carbons (Fsp3) is 0.316. The number of carbonyl (C=O) groups is 1. The summed E-state index contributed by atoms with van der Waals surface area (Å²) in [4.78, 5) is 14.2. The Morgan fingerprint density at radius 2 is 1.32 bits per heavy atom. The van der Waals surface area contributed by atoms with Gasteiger partial charge in [0.15, 0.2) is 0 Å². The quantitative estimate of drug-likeness (QED) is 0.900. The van der Waals surface area contributed by atoms with E-state index < -0.39 is 0 Å². The minimum Gasteiger partial charge on any atom is -0.351 e. The van der Waals surface area contributed by atoms with Crippen LogP contribution in [0, 0.1) is 0 Å². The summed E-state index contributed by atoms with van der Waals surface area (Å²) in [7, 11) is 0. The number of nitrogens with zero attached hydrogens (tertiary/aromatic N) is 1. The maximum absolute atomic E-state index is 12.2. The van der Waals surface area contributed by atoms with Crippen LogP contribution in [0.2, 0.25) is 0 Å². The van der Waals surface area contributed by atoms with E-state index in [-0.39, 0.29) is 18.1 Å². The van der Waals surface area contributed by atoms with E-state index in [4.69, 9.17) is 5.73 Å². The Balaban J connectivity index is 1.74. The normalized spacial score (nSPS) is 22.2. The minimum absolute atomic E-state index is 0.116. The fourth-order valence-electron chi connectivity index (χ4n) is 4.17. The first-order chi connectivity index (χ1) is 10.8. The van der Waals surface area contributed by atoms with E-state index >= 15 is 0 Å². The van der Waals surface area contributed by atoms with Crippen LogP contribution in [-0.2, 0) is 12.8 Å². The van der Waals surface area contributed by atoms with Crippen LogP contribution in [0.5, 0.6) is 0 Å². The molecule has 0 saturated heterocycles. The third-order valence-corrected chi connectivity index (χ3v) is 5.13. The molecule has 0 radical (unpaired) electrons. The summed E-state index contributed by atoms with van der Waals surface area (Å²) in [5, 5.41) is 0. The van der Waals surface area contributed by atoms with Crippen LogP contribution in [-0.4, -0.2) is 10.9 Å². The number of urea groups is 1. The Bertz CT molecular complexity index is 669. The largest absolute Gasteiger partial charge is 0.351 e. The Morgan fingerprint density at radius 3 is 1.77 bits per heavy atom. The molecule has 2 atom stereocenters. The lowest BCUT2D eigenvalue weighted by molar-refractivity contribution is 0.150. The van der Waals surface area contributed by atoms with Gasteiger partial charge < -0.3 is 10.6 Å². The van der Waals surface area contributed by atoms with Crippen molar-refractivity contribution in [2.24, 2.45) is 5.73 Å². The van der Waals surface area contributed by atoms with Crippen LogP contribution in [0.1, 0.15) is 47.2 Å². The average molecular weight is 292 g/mol. The second-order valence-corrected chi connectivity index (χ2v) is 6.25. The standard InChI is InChI=1S/C19H20N2O/c20-19(22)21(17-11-9-13-5-1-3-7-15(13)17)18-12-10-14-6-2-4-8-16(14)18/h1-8,17-18H,9-12H2,(H2,20,22). The molecule has 0 bridgehead atoms. The van der Waals surface area contributed by atoms with Gasteiger partial charge in [-0.3, -0.25) is 0 Å². The van der Waals surface area contributed by atoms with Gasteiger partial charge >= 0.3 is 6.03 Å².